The van der Waals surface area contributed by atoms with Crippen molar-refractivity contribution in [3.63, 3.8) is 0 Å². The van der Waals surface area contributed by atoms with E-state index in [1.54, 1.807) is 0 Å². The van der Waals surface area contributed by atoms with Gasteiger partial charge in [0.2, 0.25) is 0 Å². The highest BCUT2D eigenvalue weighted by molar-refractivity contribution is 5.95. The van der Waals surface area contributed by atoms with Gasteiger partial charge in [0.15, 0.2) is 0 Å². The molecular formula is C26H32N4O2. The quantitative estimate of drug-likeness (QED) is 0.665. The van der Waals surface area contributed by atoms with Crippen molar-refractivity contribution in [1.29, 1.82) is 0 Å². The fourth-order valence-electron chi connectivity index (χ4n) is 4.99. The van der Waals surface area contributed by atoms with Crippen LogP contribution >= 0.6 is 0 Å². The molecule has 2 aliphatic rings. The van der Waals surface area contributed by atoms with Crippen LogP contribution < -0.4 is 0 Å². The van der Waals surface area contributed by atoms with E-state index in [0.29, 0.717) is 5.92 Å². The molecule has 2 aliphatic heterocycles. The van der Waals surface area contributed by atoms with Crippen LogP contribution in [0.1, 0.15) is 40.9 Å². The maximum atomic E-state index is 13.5. The van der Waals surface area contributed by atoms with Gasteiger partial charge in [0, 0.05) is 55.6 Å². The average molecular weight is 433 g/mol. The maximum Gasteiger partial charge on any atom is 0.254 e. The largest absolute Gasteiger partial charge is 0.379 e. The van der Waals surface area contributed by atoms with E-state index in [2.05, 4.69) is 39.0 Å². The fourth-order valence-corrected chi connectivity index (χ4v) is 4.99. The number of aromatic amines is 1. The summed E-state index contributed by atoms with van der Waals surface area (Å²) in [5.41, 5.74) is 4.09. The highest BCUT2D eigenvalue weighted by atomic mass is 16.5. The number of carbonyl (C=O) groups excluding carboxylic acids is 1. The van der Waals surface area contributed by atoms with Crippen LogP contribution in [0.3, 0.4) is 0 Å². The molecular weight excluding hydrogens is 400 g/mol. The average Bonchev–Trinajstić information content (AvgIpc) is 3.17. The normalized spacial score (nSPS) is 20.4. The number of rotatable bonds is 5. The number of nitrogens with one attached hydrogen (secondary N) is 1. The van der Waals surface area contributed by atoms with Crippen LogP contribution in [0, 0.1) is 5.92 Å². The molecule has 1 atom stereocenters. The van der Waals surface area contributed by atoms with Gasteiger partial charge in [-0.3, -0.25) is 9.69 Å². The van der Waals surface area contributed by atoms with E-state index in [1.807, 2.05) is 24.4 Å². The van der Waals surface area contributed by atoms with Crippen LogP contribution in [0.5, 0.6) is 0 Å². The molecule has 0 spiro atoms. The Kier molecular flexibility index (Phi) is 6.51. The highest BCUT2D eigenvalue weighted by Crippen LogP contribution is 2.24. The Bertz CT molecular complexity index is 1060. The Hall–Kier alpha value is -2.70. The van der Waals surface area contributed by atoms with Gasteiger partial charge in [-0.15, -0.1) is 0 Å². The summed E-state index contributed by atoms with van der Waals surface area (Å²) in [6.45, 7) is 5.87. The van der Waals surface area contributed by atoms with E-state index >= 15 is 0 Å². The molecule has 0 aliphatic carbocycles. The third kappa shape index (κ3) is 4.87. The van der Waals surface area contributed by atoms with Crippen molar-refractivity contribution in [3.05, 3.63) is 65.5 Å². The fraction of sp³-hybridized carbons (Fsp3) is 0.462. The molecule has 0 bridgehead atoms. The zero-order chi connectivity index (χ0) is 21.8. The number of ether oxygens (including phenoxy) is 1. The minimum Gasteiger partial charge on any atom is -0.379 e. The van der Waals surface area contributed by atoms with Crippen molar-refractivity contribution in [2.24, 2.45) is 5.92 Å². The molecule has 1 N–H and O–H groups in total. The number of H-pyrrole nitrogens is 1. The maximum absolute atomic E-state index is 13.5. The summed E-state index contributed by atoms with van der Waals surface area (Å²) in [6.07, 6.45) is 6.14. The molecule has 5 rings (SSSR count). The first kappa shape index (κ1) is 21.2. The Morgan fingerprint density at radius 2 is 1.91 bits per heavy atom. The van der Waals surface area contributed by atoms with Crippen LogP contribution in [0.2, 0.25) is 0 Å². The molecule has 2 aromatic heterocycles. The number of fused-ring (bicyclic) bond motifs is 1. The topological polar surface area (TPSA) is 61.5 Å². The standard InChI is InChI=1S/C26H32N4O2/c31-26(24-6-2-1-5-22(24)19-29-14-16-32-17-15-29)30-12-3-4-20(10-13-30)18-23-8-7-21-9-11-27-25(21)28-23/h1-2,5-9,11,20H,3-4,10,12-19H2,(H,27,28)/t20-/m1/s1. The van der Waals surface area contributed by atoms with Gasteiger partial charge < -0.3 is 14.6 Å². The summed E-state index contributed by atoms with van der Waals surface area (Å²) in [7, 11) is 0. The van der Waals surface area contributed by atoms with Gasteiger partial charge in [0.1, 0.15) is 5.65 Å². The number of hydrogen-bond donors (Lipinski definition) is 1. The predicted molar refractivity (Wildman–Crippen MR) is 126 cm³/mol. The van der Waals surface area contributed by atoms with Gasteiger partial charge in [-0.1, -0.05) is 18.2 Å². The first-order valence-electron chi connectivity index (χ1n) is 11.9. The van der Waals surface area contributed by atoms with Crippen LogP contribution in [0.25, 0.3) is 11.0 Å². The highest BCUT2D eigenvalue weighted by Gasteiger charge is 2.24. The van der Waals surface area contributed by atoms with Crippen LogP contribution in [0.4, 0.5) is 0 Å². The molecule has 0 unspecified atom stereocenters. The van der Waals surface area contributed by atoms with E-state index in [9.17, 15) is 4.79 Å². The zero-order valence-electron chi connectivity index (χ0n) is 18.6. The van der Waals surface area contributed by atoms with Gasteiger partial charge in [-0.25, -0.2) is 4.98 Å². The summed E-state index contributed by atoms with van der Waals surface area (Å²) in [6, 6.07) is 14.5. The lowest BCUT2D eigenvalue weighted by Crippen LogP contribution is -2.37. The van der Waals surface area contributed by atoms with E-state index in [1.165, 1.54) is 0 Å². The molecule has 3 aromatic rings. The number of benzene rings is 1. The van der Waals surface area contributed by atoms with E-state index < -0.39 is 0 Å². The molecule has 1 amide bonds. The minimum atomic E-state index is 0.181. The number of hydrogen-bond acceptors (Lipinski definition) is 4. The Labute approximate surface area is 189 Å². The third-order valence-corrected chi connectivity index (χ3v) is 6.85. The number of nitrogens with zero attached hydrogens (tertiary/aromatic N) is 3. The monoisotopic (exact) mass is 432 g/mol. The lowest BCUT2D eigenvalue weighted by molar-refractivity contribution is 0.0340. The second-order valence-corrected chi connectivity index (χ2v) is 9.06. The van der Waals surface area contributed by atoms with Gasteiger partial charge in [-0.2, -0.15) is 0 Å². The van der Waals surface area contributed by atoms with Crippen molar-refractivity contribution in [2.45, 2.75) is 32.2 Å². The van der Waals surface area contributed by atoms with Crippen molar-refractivity contribution >= 4 is 16.9 Å². The molecule has 4 heterocycles. The molecule has 168 valence electrons. The summed E-state index contributed by atoms with van der Waals surface area (Å²) in [5.74, 6) is 0.747. The van der Waals surface area contributed by atoms with Gasteiger partial charge in [0.25, 0.3) is 5.91 Å². The molecule has 6 nitrogen and oxygen atoms in total. The second kappa shape index (κ2) is 9.84. The van der Waals surface area contributed by atoms with E-state index in [0.717, 1.165) is 99.5 Å². The van der Waals surface area contributed by atoms with Gasteiger partial charge in [0.05, 0.1) is 13.2 Å². The summed E-state index contributed by atoms with van der Waals surface area (Å²) >= 11 is 0. The summed E-state index contributed by atoms with van der Waals surface area (Å²) in [5, 5.41) is 1.15. The number of amides is 1. The number of pyridine rings is 1. The van der Waals surface area contributed by atoms with Gasteiger partial charge >= 0.3 is 0 Å². The summed E-state index contributed by atoms with van der Waals surface area (Å²) in [4.78, 5) is 25.9. The lowest BCUT2D eigenvalue weighted by atomic mass is 9.95. The zero-order valence-corrected chi connectivity index (χ0v) is 18.6. The third-order valence-electron chi connectivity index (χ3n) is 6.85. The molecule has 0 radical (unpaired) electrons. The molecule has 0 saturated carbocycles. The van der Waals surface area contributed by atoms with Crippen molar-refractivity contribution in [1.82, 2.24) is 19.8 Å². The smallest absolute Gasteiger partial charge is 0.254 e. The molecule has 32 heavy (non-hydrogen) atoms. The number of aromatic nitrogens is 2. The number of likely N-dealkylation sites (tertiary alicyclic amines) is 1. The predicted octanol–water partition coefficient (Wildman–Crippen LogP) is 3.88. The van der Waals surface area contributed by atoms with E-state index in [4.69, 9.17) is 9.72 Å². The first-order valence-corrected chi connectivity index (χ1v) is 11.9. The lowest BCUT2D eigenvalue weighted by Gasteiger charge is -2.28. The Balaban J connectivity index is 1.22. The summed E-state index contributed by atoms with van der Waals surface area (Å²) < 4.78 is 5.47. The molecule has 2 saturated heterocycles. The van der Waals surface area contributed by atoms with Crippen LogP contribution in [0.15, 0.2) is 48.7 Å². The Morgan fingerprint density at radius 1 is 1.03 bits per heavy atom. The molecule has 6 heteroatoms. The van der Waals surface area contributed by atoms with E-state index in [-0.39, 0.29) is 5.91 Å². The van der Waals surface area contributed by atoms with Crippen molar-refractivity contribution in [2.75, 3.05) is 39.4 Å². The van der Waals surface area contributed by atoms with Crippen molar-refractivity contribution < 1.29 is 9.53 Å². The number of carbonyl (C=O) groups is 1. The second-order valence-electron chi connectivity index (χ2n) is 9.06. The molecule has 1 aromatic carbocycles. The molecule has 2 fully saturated rings. The van der Waals surface area contributed by atoms with Crippen molar-refractivity contribution in [3.8, 4) is 0 Å². The number of morpholine rings is 1. The first-order chi connectivity index (χ1) is 15.8. The SMILES string of the molecule is O=C(c1ccccc1CN1CCOCC1)N1CCC[C@@H](Cc2ccc3cc[nH]c3n2)CC1. The minimum absolute atomic E-state index is 0.181. The Morgan fingerprint density at radius 3 is 2.81 bits per heavy atom. The van der Waals surface area contributed by atoms with Crippen LogP contribution in [-0.4, -0.2) is 65.1 Å². The van der Waals surface area contributed by atoms with Crippen LogP contribution in [-0.2, 0) is 17.7 Å². The van der Waals surface area contributed by atoms with Gasteiger partial charge in [-0.05, 0) is 61.4 Å².